The molecule has 4 rings (SSSR count). The van der Waals surface area contributed by atoms with Crippen molar-refractivity contribution in [3.05, 3.63) is 58.2 Å². The summed E-state index contributed by atoms with van der Waals surface area (Å²) in [4.78, 5) is 17.7. The molecule has 1 amide bonds. The molecule has 0 bridgehead atoms. The Morgan fingerprint density at radius 1 is 1.28 bits per heavy atom. The zero-order valence-corrected chi connectivity index (χ0v) is 24.4. The zero-order valence-electron chi connectivity index (χ0n) is 22.8. The smallest absolute Gasteiger partial charge is 0.371 e. The Kier molecular flexibility index (Phi) is 8.82. The Balaban J connectivity index is 1.67. The Labute approximate surface area is 233 Å². The van der Waals surface area contributed by atoms with Crippen molar-refractivity contribution in [1.29, 1.82) is 0 Å². The van der Waals surface area contributed by atoms with Gasteiger partial charge in [0, 0.05) is 34.8 Å². The average Bonchev–Trinajstić information content (AvgIpc) is 3.44. The molecular weight excluding hydrogens is 541 g/mol. The standard InChI is InChI=1S/C28H36FN3O5S2/c1-5-24-30-13-14-32(24)17-21-10-9-20(16-22(21)29)25-19(4)23(15-18(2)3)38-26(25)39(35,36)37-27(33)31-28(34)11-7-6-8-12-28/h9-10,13-14,16,18,34H,5-8,11-12,15,17H2,1-4H3,(H,31,33). The van der Waals surface area contributed by atoms with E-state index >= 15 is 4.39 Å². The van der Waals surface area contributed by atoms with Crippen molar-refractivity contribution < 1.29 is 26.9 Å². The van der Waals surface area contributed by atoms with Crippen LogP contribution in [-0.4, -0.2) is 34.9 Å². The van der Waals surface area contributed by atoms with Crippen LogP contribution in [0.2, 0.25) is 0 Å². The third kappa shape index (κ3) is 6.70. The number of carbonyl (C=O) groups is 1. The maximum Gasteiger partial charge on any atom is 0.425 e. The fraction of sp³-hybridized carbons (Fsp3) is 0.500. The highest BCUT2D eigenvalue weighted by molar-refractivity contribution is 7.89. The van der Waals surface area contributed by atoms with Crippen LogP contribution in [0.15, 0.2) is 34.8 Å². The van der Waals surface area contributed by atoms with Crippen LogP contribution in [-0.2, 0) is 33.7 Å². The lowest BCUT2D eigenvalue weighted by Gasteiger charge is -2.32. The topological polar surface area (TPSA) is 111 Å². The number of thiophene rings is 1. The minimum absolute atomic E-state index is 0.156. The van der Waals surface area contributed by atoms with Crippen LogP contribution in [0.4, 0.5) is 9.18 Å². The molecule has 1 aliphatic carbocycles. The van der Waals surface area contributed by atoms with Gasteiger partial charge in [-0.1, -0.05) is 39.3 Å². The van der Waals surface area contributed by atoms with Gasteiger partial charge in [0.25, 0.3) is 0 Å². The van der Waals surface area contributed by atoms with Gasteiger partial charge in [-0.3, -0.25) is 5.32 Å². The van der Waals surface area contributed by atoms with Gasteiger partial charge in [-0.25, -0.2) is 14.2 Å². The first kappa shape index (κ1) is 29.2. The first-order valence-corrected chi connectivity index (χ1v) is 15.5. The first-order chi connectivity index (χ1) is 18.4. The quantitative estimate of drug-likeness (QED) is 0.241. The molecule has 0 atom stereocenters. The summed E-state index contributed by atoms with van der Waals surface area (Å²) in [5.41, 5.74) is 0.366. The number of benzene rings is 1. The van der Waals surface area contributed by atoms with E-state index in [0.717, 1.165) is 41.3 Å². The summed E-state index contributed by atoms with van der Waals surface area (Å²) in [6.45, 7) is 8.13. The number of carbonyl (C=O) groups excluding carboxylic acids is 1. The summed E-state index contributed by atoms with van der Waals surface area (Å²) in [5, 5.41) is 13.0. The molecule has 0 spiro atoms. The number of rotatable bonds is 9. The second-order valence-corrected chi connectivity index (χ2v) is 13.4. The van der Waals surface area contributed by atoms with E-state index in [4.69, 9.17) is 4.18 Å². The van der Waals surface area contributed by atoms with E-state index in [-0.39, 0.29) is 10.1 Å². The van der Waals surface area contributed by atoms with Crippen molar-refractivity contribution in [3.63, 3.8) is 0 Å². The van der Waals surface area contributed by atoms with Crippen LogP contribution < -0.4 is 5.32 Å². The number of amides is 1. The molecule has 0 aliphatic heterocycles. The third-order valence-corrected chi connectivity index (χ3v) is 10.0. The predicted octanol–water partition coefficient (Wildman–Crippen LogP) is 5.94. The molecule has 1 fully saturated rings. The molecule has 1 aliphatic rings. The van der Waals surface area contributed by atoms with Crippen LogP contribution >= 0.6 is 11.3 Å². The number of aliphatic hydroxyl groups is 1. The number of hydrogen-bond acceptors (Lipinski definition) is 7. The number of nitrogens with zero attached hydrogens (tertiary/aromatic N) is 2. The summed E-state index contributed by atoms with van der Waals surface area (Å²) in [6, 6.07) is 4.67. The van der Waals surface area contributed by atoms with Crippen molar-refractivity contribution in [2.24, 2.45) is 5.92 Å². The zero-order chi connectivity index (χ0) is 28.4. The molecule has 11 heteroatoms. The van der Waals surface area contributed by atoms with E-state index in [0.29, 0.717) is 54.5 Å². The number of hydrogen-bond donors (Lipinski definition) is 2. The van der Waals surface area contributed by atoms with Gasteiger partial charge in [-0.05, 0) is 62.1 Å². The summed E-state index contributed by atoms with van der Waals surface area (Å²) in [6.07, 6.45) is 6.61. The fourth-order valence-electron chi connectivity index (χ4n) is 5.03. The molecule has 2 heterocycles. The number of aromatic nitrogens is 2. The molecule has 3 aromatic rings. The fourth-order valence-corrected chi connectivity index (χ4v) is 7.95. The van der Waals surface area contributed by atoms with Crippen molar-refractivity contribution in [2.75, 3.05) is 0 Å². The van der Waals surface area contributed by atoms with Gasteiger partial charge >= 0.3 is 16.2 Å². The van der Waals surface area contributed by atoms with Gasteiger partial charge in [0.15, 0.2) is 4.21 Å². The highest BCUT2D eigenvalue weighted by Gasteiger charge is 2.35. The third-order valence-electron chi connectivity index (χ3n) is 7.04. The first-order valence-electron chi connectivity index (χ1n) is 13.3. The van der Waals surface area contributed by atoms with E-state index in [1.807, 2.05) is 25.3 Å². The minimum atomic E-state index is -4.57. The number of imidazole rings is 1. The molecule has 1 aromatic carbocycles. The van der Waals surface area contributed by atoms with E-state index in [1.54, 1.807) is 31.5 Å². The van der Waals surface area contributed by atoms with E-state index < -0.39 is 27.8 Å². The Bertz CT molecular complexity index is 1440. The summed E-state index contributed by atoms with van der Waals surface area (Å²) in [7, 11) is -4.57. The SMILES string of the molecule is CCc1nccn1Cc1ccc(-c2c(S(=O)(=O)OC(=O)NC3(O)CCCCC3)sc(CC(C)C)c2C)cc1F. The second kappa shape index (κ2) is 11.8. The summed E-state index contributed by atoms with van der Waals surface area (Å²) < 4.78 is 48.8. The molecule has 0 radical (unpaired) electrons. The summed E-state index contributed by atoms with van der Waals surface area (Å²) >= 11 is 1.03. The van der Waals surface area contributed by atoms with Crippen molar-refractivity contribution in [1.82, 2.24) is 14.9 Å². The molecule has 212 valence electrons. The Hall–Kier alpha value is -2.76. The van der Waals surface area contributed by atoms with Gasteiger partial charge in [0.2, 0.25) is 0 Å². The highest BCUT2D eigenvalue weighted by Crippen LogP contribution is 2.41. The van der Waals surface area contributed by atoms with Gasteiger partial charge in [0.1, 0.15) is 17.4 Å². The monoisotopic (exact) mass is 577 g/mol. The van der Waals surface area contributed by atoms with Crippen LogP contribution in [0.25, 0.3) is 11.1 Å². The molecule has 2 aromatic heterocycles. The largest absolute Gasteiger partial charge is 0.425 e. The lowest BCUT2D eigenvalue weighted by molar-refractivity contribution is -0.0209. The van der Waals surface area contributed by atoms with Gasteiger partial charge in [-0.15, -0.1) is 11.3 Å². The van der Waals surface area contributed by atoms with Crippen LogP contribution in [0.5, 0.6) is 0 Å². The Morgan fingerprint density at radius 3 is 2.64 bits per heavy atom. The maximum atomic E-state index is 15.4. The van der Waals surface area contributed by atoms with Gasteiger partial charge < -0.3 is 13.9 Å². The lowest BCUT2D eigenvalue weighted by Crippen LogP contribution is -2.50. The van der Waals surface area contributed by atoms with Crippen molar-refractivity contribution in [3.8, 4) is 11.1 Å². The molecule has 1 saturated carbocycles. The highest BCUT2D eigenvalue weighted by atomic mass is 32.3. The van der Waals surface area contributed by atoms with Crippen molar-refractivity contribution in [2.45, 2.75) is 89.1 Å². The van der Waals surface area contributed by atoms with E-state index in [1.165, 1.54) is 6.07 Å². The number of nitrogens with one attached hydrogen (secondary N) is 1. The Morgan fingerprint density at radius 2 is 2.00 bits per heavy atom. The average molecular weight is 578 g/mol. The summed E-state index contributed by atoms with van der Waals surface area (Å²) in [5.74, 6) is 0.616. The lowest BCUT2D eigenvalue weighted by atomic mass is 9.92. The molecule has 39 heavy (non-hydrogen) atoms. The molecule has 0 unspecified atom stereocenters. The second-order valence-electron chi connectivity index (χ2n) is 10.6. The number of halogens is 1. The van der Waals surface area contributed by atoms with E-state index in [2.05, 4.69) is 10.3 Å². The molecule has 8 nitrogen and oxygen atoms in total. The van der Waals surface area contributed by atoms with E-state index in [9.17, 15) is 18.3 Å². The van der Waals surface area contributed by atoms with Gasteiger partial charge in [-0.2, -0.15) is 8.42 Å². The molecule has 2 N–H and O–H groups in total. The number of aryl methyl sites for hydroxylation is 1. The molecular formula is C28H36FN3O5S2. The van der Waals surface area contributed by atoms with Crippen LogP contribution in [0.3, 0.4) is 0 Å². The van der Waals surface area contributed by atoms with Gasteiger partial charge in [0.05, 0.1) is 6.54 Å². The minimum Gasteiger partial charge on any atom is -0.371 e. The predicted molar refractivity (Wildman–Crippen MR) is 149 cm³/mol. The van der Waals surface area contributed by atoms with Crippen molar-refractivity contribution >= 4 is 27.5 Å². The molecule has 0 saturated heterocycles. The van der Waals surface area contributed by atoms with Crippen LogP contribution in [0.1, 0.15) is 74.7 Å². The maximum absolute atomic E-state index is 15.4. The normalized spacial score (nSPS) is 15.5. The van der Waals surface area contributed by atoms with Crippen LogP contribution in [0, 0.1) is 18.7 Å².